The molecule has 0 saturated heterocycles. The molecule has 0 unspecified atom stereocenters. The molecule has 13 nitrogen and oxygen atoms in total. The fourth-order valence-electron chi connectivity index (χ4n) is 8.93. The highest BCUT2D eigenvalue weighted by Crippen LogP contribution is 2.43. The van der Waals surface area contributed by atoms with Gasteiger partial charge in [0.1, 0.15) is 0 Å². The van der Waals surface area contributed by atoms with Gasteiger partial charge in [-0.1, -0.05) is 184 Å². The smallest absolute Gasteiger partial charge is 0.280 e. The average Bonchev–Trinajstić information content (AvgIpc) is 0.927. The zero-order chi connectivity index (χ0) is 62.7. The van der Waals surface area contributed by atoms with Crippen molar-refractivity contribution in [1.29, 1.82) is 0 Å². The molecule has 0 aliphatic rings. The van der Waals surface area contributed by atoms with Crippen LogP contribution < -0.4 is 77.6 Å². The average molecular weight is 1250 g/mol. The van der Waals surface area contributed by atoms with Gasteiger partial charge in [-0.25, -0.2) is 0 Å². The molecule has 0 heterocycles. The summed E-state index contributed by atoms with van der Waals surface area (Å²) in [6.45, 7) is 32.1. The van der Waals surface area contributed by atoms with E-state index in [0.29, 0.717) is 148 Å². The van der Waals surface area contributed by atoms with Gasteiger partial charge in [-0.05, 0) is 101 Å². The van der Waals surface area contributed by atoms with Gasteiger partial charge in [-0.2, -0.15) is 0 Å². The van der Waals surface area contributed by atoms with E-state index in [1.54, 1.807) is 0 Å². The highest BCUT2D eigenvalue weighted by Gasteiger charge is 2.41. The van der Waals surface area contributed by atoms with Gasteiger partial charge in [-0.15, -0.1) is 0 Å². The van der Waals surface area contributed by atoms with E-state index in [9.17, 15) is 0 Å². The molecule has 0 N–H and O–H groups in total. The Balaban J connectivity index is 2.43. The van der Waals surface area contributed by atoms with Crippen molar-refractivity contribution in [3.8, 4) is 69.0 Å². The first-order valence-electron chi connectivity index (χ1n) is 34.4. The van der Waals surface area contributed by atoms with Crippen LogP contribution in [0, 0.1) is 0 Å². The van der Waals surface area contributed by atoms with E-state index in [-0.39, 0.29) is 0 Å². The fourth-order valence-corrected chi connectivity index (χ4v) is 14.6. The Hall–Kier alpha value is -5.13. The summed E-state index contributed by atoms with van der Waals surface area (Å²) in [5, 5.41) is 3.36. The van der Waals surface area contributed by atoms with Gasteiger partial charge in [0.25, 0.3) is 18.1 Å². The van der Waals surface area contributed by atoms with Crippen molar-refractivity contribution < 1.29 is 61.0 Å². The van der Waals surface area contributed by atoms with Gasteiger partial charge < -0.3 is 61.0 Å². The second-order valence-electron chi connectivity index (χ2n) is 22.3. The third kappa shape index (κ3) is 24.6. The predicted octanol–water partition coefficient (Wildman–Crippen LogP) is 16.8. The highest BCUT2D eigenvalue weighted by atomic mass is 28.4. The van der Waals surface area contributed by atoms with E-state index in [2.05, 4.69) is 132 Å². The quantitative estimate of drug-likeness (QED) is 0.0308. The third-order valence-electron chi connectivity index (χ3n) is 14.5. The van der Waals surface area contributed by atoms with Crippen LogP contribution in [0.15, 0.2) is 48.5 Å². The largest absolute Gasteiger partial charge is 0.490 e. The maximum Gasteiger partial charge on any atom is 0.280 e. The lowest BCUT2D eigenvalue weighted by atomic mass is 10.2. The molecule has 0 aliphatic heterocycles. The first-order chi connectivity index (χ1) is 42.8. The molecule has 0 saturated carbocycles. The second kappa shape index (κ2) is 46.0. The molecule has 0 atom stereocenters. The third-order valence-corrected chi connectivity index (χ3v) is 19.6. The molecule has 0 bridgehead atoms. The number of hydrogen-bond acceptors (Lipinski definition) is 13. The van der Waals surface area contributed by atoms with Crippen LogP contribution >= 0.6 is 0 Å². The molecule has 4 aromatic rings. The second-order valence-corrected chi connectivity index (χ2v) is 26.6. The summed E-state index contributed by atoms with van der Waals surface area (Å²) >= 11 is 0. The molecule has 2 radical (unpaired) electrons. The minimum Gasteiger partial charge on any atom is -0.490 e. The van der Waals surface area contributed by atoms with Crippen LogP contribution in [0.4, 0.5) is 0 Å². The topological polar surface area (TPSA) is 120 Å². The summed E-state index contributed by atoms with van der Waals surface area (Å²) in [5.74, 6) is 7.28. The summed E-state index contributed by atoms with van der Waals surface area (Å²) in [5.41, 5.74) is 0. The Morgan fingerprint density at radius 3 is 0.506 bits per heavy atom. The number of rotatable bonds is 54. The zero-order valence-corrected chi connectivity index (χ0v) is 58.4. The predicted molar refractivity (Wildman–Crippen MR) is 362 cm³/mol. The monoisotopic (exact) mass is 1240 g/mol. The maximum atomic E-state index is 8.56. The minimum absolute atomic E-state index is 0.454. The molecule has 0 fully saturated rings. The zero-order valence-electron chi connectivity index (χ0n) is 56.4. The summed E-state index contributed by atoms with van der Waals surface area (Å²) in [4.78, 5) is 0. The van der Waals surface area contributed by atoms with Crippen molar-refractivity contribution in [2.75, 3.05) is 79.3 Å². The van der Waals surface area contributed by atoms with Gasteiger partial charge >= 0.3 is 0 Å². The van der Waals surface area contributed by atoms with Crippen LogP contribution in [-0.4, -0.2) is 97.4 Å². The van der Waals surface area contributed by atoms with Gasteiger partial charge in [0.15, 0.2) is 46.0 Å². The Morgan fingerprint density at radius 2 is 0.345 bits per heavy atom. The van der Waals surface area contributed by atoms with Gasteiger partial charge in [0, 0.05) is 20.7 Å². The molecule has 0 aliphatic carbocycles. The van der Waals surface area contributed by atoms with Crippen LogP contribution in [-0.2, 0) is 4.12 Å². The van der Waals surface area contributed by atoms with E-state index >= 15 is 0 Å². The van der Waals surface area contributed by atoms with Crippen LogP contribution in [0.1, 0.15) is 237 Å². The lowest BCUT2D eigenvalue weighted by molar-refractivity contribution is 0.237. The molecule has 0 amide bonds. The highest BCUT2D eigenvalue weighted by molar-refractivity contribution is 6.93. The Bertz CT molecular complexity index is 2110. The Morgan fingerprint density at radius 1 is 0.195 bits per heavy atom. The minimum atomic E-state index is -2.65. The fraction of sp³-hybridized carbons (Fsp3) is 0.667. The van der Waals surface area contributed by atoms with E-state index in [4.69, 9.17) is 61.0 Å². The molecule has 4 aromatic carbocycles. The van der Waals surface area contributed by atoms with E-state index in [1.165, 1.54) is 0 Å². The first kappa shape index (κ1) is 74.3. The van der Waals surface area contributed by atoms with Crippen molar-refractivity contribution in [3.63, 3.8) is 0 Å². The summed E-state index contributed by atoms with van der Waals surface area (Å²) < 4.78 is 92.0. The summed E-state index contributed by atoms with van der Waals surface area (Å²) in [6, 6.07) is 16.8. The lowest BCUT2D eigenvalue weighted by Gasteiger charge is -2.31. The molecule has 0 spiro atoms. The molecule has 87 heavy (non-hydrogen) atoms. The number of ether oxygens (including phenoxy) is 12. The van der Waals surface area contributed by atoms with Crippen molar-refractivity contribution >= 4 is 38.8 Å². The molecule has 0 aromatic heterocycles. The molecular weight excluding hydrogens is 1130 g/mol. The van der Waals surface area contributed by atoms with Gasteiger partial charge in [-0.3, -0.25) is 0 Å². The van der Waals surface area contributed by atoms with Gasteiger partial charge in [0.2, 0.25) is 23.0 Å². The number of benzene rings is 4. The van der Waals surface area contributed by atoms with Crippen molar-refractivity contribution in [2.45, 2.75) is 237 Å². The van der Waals surface area contributed by atoms with Crippen LogP contribution in [0.2, 0.25) is 0 Å². The van der Waals surface area contributed by atoms with E-state index in [1.807, 2.05) is 0 Å². The van der Waals surface area contributed by atoms with Crippen LogP contribution in [0.3, 0.4) is 0 Å². The number of unbranched alkanes of at least 4 members (excludes halogenated alkanes) is 12. The normalized spacial score (nSPS) is 11.3. The summed E-state index contributed by atoms with van der Waals surface area (Å²) in [6.07, 6.45) is 21.8. The lowest BCUT2D eigenvalue weighted by Crippen LogP contribution is -2.57. The van der Waals surface area contributed by atoms with E-state index in [0.717, 1.165) is 175 Å². The van der Waals surface area contributed by atoms with Crippen molar-refractivity contribution in [2.24, 2.45) is 0 Å². The summed E-state index contributed by atoms with van der Waals surface area (Å²) in [7, 11) is -5.29. The molecule has 4 rings (SSSR count). The van der Waals surface area contributed by atoms with Crippen LogP contribution in [0.25, 0.3) is 0 Å². The number of hydrogen-bond donors (Lipinski definition) is 0. The molecular formula is C72H116O13Si2. The molecule has 15 heteroatoms. The van der Waals surface area contributed by atoms with Crippen molar-refractivity contribution in [1.82, 2.24) is 0 Å². The van der Waals surface area contributed by atoms with Gasteiger partial charge in [0.05, 0.1) is 79.3 Å². The first-order valence-corrected chi connectivity index (χ1v) is 37.3. The SMILES string of the molecule is CCCCOc1ccc([Si](O[Si](c2ccc(OCCCC)c(OCCCC)c2OCCCC)c2ccc(OCCCC)c(OCCCC)c2OCCCC)c2ccc(OCCCC)c(OCCCC)c2OCCCC)c(OCCCC)c1OCCCC. The van der Waals surface area contributed by atoms with Crippen LogP contribution in [0.5, 0.6) is 69.0 Å². The Kier molecular flexibility index (Phi) is 39.3. The standard InChI is InChI=1S/C72H116O13Si2/c1-13-25-45-73-57-37-41-61(69(81-53-33-21-9)65(57)77-49-29-17-5)86(62-42-38-58(74-46-26-14-2)66(78-50-30-18-6)70(62)82-54-34-22-10)85-87(63-43-39-59(75-47-27-15-3)67(79-51-31-19-7)71(63)83-55-35-23-11)64-44-40-60(76-48-28-16-4)68(80-52-32-20-8)72(64)84-56-36-24-12/h37-44H,13-36,45-56H2,1-12H3. The van der Waals surface area contributed by atoms with E-state index < -0.39 is 18.1 Å². The Labute approximate surface area is 531 Å². The molecule has 490 valence electrons. The maximum absolute atomic E-state index is 8.56. The van der Waals surface area contributed by atoms with Crippen molar-refractivity contribution in [3.05, 3.63) is 48.5 Å².